The molecule has 276 valence electrons. The molecule has 0 aromatic heterocycles. The highest BCUT2D eigenvalue weighted by Gasteiger charge is 2.59. The molecule has 6 aliphatic rings. The lowest BCUT2D eigenvalue weighted by Gasteiger charge is -2.40. The van der Waals surface area contributed by atoms with E-state index in [1.807, 2.05) is 0 Å². The standard InChI is InChI=1S/C52H39NO4/c1-55-38-20-22-39-42(30-38)50-41(23-24-51(57-50,35-9-3-2-4-10-35)36-16-18-37(19-17-36)53-25-27-56-28-26-53)49-48(39)40-21-13-32(31-54)29-45(40)52(49)43-11-5-7-33-14-15-34-8-6-12-44(52)47(34)46(33)43/h2-5,7-11,13-24,29-30,34,47,54H,25-28,31H2,1H3. The molecular formula is C52H39NO4. The monoisotopic (exact) mass is 741 g/mol. The van der Waals surface area contributed by atoms with Crippen LogP contribution < -0.4 is 14.4 Å². The first-order valence-electron chi connectivity index (χ1n) is 20.0. The molecule has 5 heteroatoms. The topological polar surface area (TPSA) is 51.2 Å². The van der Waals surface area contributed by atoms with Crippen molar-refractivity contribution in [1.29, 1.82) is 0 Å². The zero-order valence-electron chi connectivity index (χ0n) is 31.6. The largest absolute Gasteiger partial charge is 0.497 e. The van der Waals surface area contributed by atoms with E-state index in [-0.39, 0.29) is 18.4 Å². The molecule has 1 fully saturated rings. The second-order valence-electron chi connectivity index (χ2n) is 15.9. The van der Waals surface area contributed by atoms with Crippen LogP contribution in [0.3, 0.4) is 0 Å². The fourth-order valence-electron chi connectivity index (χ4n) is 10.9. The summed E-state index contributed by atoms with van der Waals surface area (Å²) in [6.45, 7) is 3.17. The number of fused-ring (bicyclic) bond motifs is 12. The molecule has 0 radical (unpaired) electrons. The highest BCUT2D eigenvalue weighted by atomic mass is 16.5. The third-order valence-corrected chi connectivity index (χ3v) is 13.4. The fourth-order valence-corrected chi connectivity index (χ4v) is 10.9. The van der Waals surface area contributed by atoms with Crippen LogP contribution in [0.1, 0.15) is 56.0 Å². The summed E-state index contributed by atoms with van der Waals surface area (Å²) in [6.07, 6.45) is 11.4. The molecule has 2 aliphatic heterocycles. The van der Waals surface area contributed by atoms with Crippen LogP contribution in [-0.4, -0.2) is 38.5 Å². The van der Waals surface area contributed by atoms with Gasteiger partial charge in [-0.2, -0.15) is 0 Å². The van der Waals surface area contributed by atoms with Crippen LogP contribution in [0.4, 0.5) is 5.69 Å². The molecule has 1 saturated heterocycles. The minimum Gasteiger partial charge on any atom is -0.497 e. The Labute approximate surface area is 331 Å². The van der Waals surface area contributed by atoms with Gasteiger partial charge in [-0.1, -0.05) is 109 Å². The van der Waals surface area contributed by atoms with Gasteiger partial charge in [-0.15, -0.1) is 0 Å². The van der Waals surface area contributed by atoms with Gasteiger partial charge >= 0.3 is 0 Å². The minimum absolute atomic E-state index is 0.0437. The lowest BCUT2D eigenvalue weighted by atomic mass is 9.66. The third kappa shape index (κ3) is 4.32. The molecule has 0 amide bonds. The number of anilines is 1. The number of benzene rings is 6. The first-order valence-corrected chi connectivity index (χ1v) is 20.0. The van der Waals surface area contributed by atoms with Gasteiger partial charge in [-0.25, -0.2) is 0 Å². The van der Waals surface area contributed by atoms with Crippen molar-refractivity contribution in [3.63, 3.8) is 0 Å². The first-order chi connectivity index (χ1) is 28.1. The lowest BCUT2D eigenvalue weighted by Crippen LogP contribution is -2.37. The molecule has 0 saturated carbocycles. The third-order valence-electron chi connectivity index (χ3n) is 13.4. The van der Waals surface area contributed by atoms with Gasteiger partial charge in [0.05, 0.1) is 32.3 Å². The smallest absolute Gasteiger partial charge is 0.178 e. The molecule has 6 aromatic rings. The van der Waals surface area contributed by atoms with Crippen LogP contribution in [0.15, 0.2) is 144 Å². The van der Waals surface area contributed by atoms with Crippen LogP contribution >= 0.6 is 0 Å². The van der Waals surface area contributed by atoms with Crippen LogP contribution in [0.5, 0.6) is 11.5 Å². The molecule has 6 aromatic carbocycles. The van der Waals surface area contributed by atoms with Crippen molar-refractivity contribution in [3.8, 4) is 22.6 Å². The molecule has 2 heterocycles. The average molecular weight is 742 g/mol. The van der Waals surface area contributed by atoms with E-state index < -0.39 is 11.0 Å². The van der Waals surface area contributed by atoms with Crippen molar-refractivity contribution in [2.45, 2.75) is 23.5 Å². The van der Waals surface area contributed by atoms with Crippen LogP contribution in [0.2, 0.25) is 0 Å². The summed E-state index contributed by atoms with van der Waals surface area (Å²) in [5.74, 6) is 1.90. The SMILES string of the molecule is COc1ccc2c3c(c4c(c2c1)OC(c1ccccc1)(c1ccc(N2CCOCC2)cc1)C=C4)C1(C2=C=C=CC4C=Cc5cccc1c5C24)c1cc(CO)ccc1-3. The van der Waals surface area contributed by atoms with E-state index in [2.05, 4.69) is 156 Å². The molecule has 1 N–H and O–H groups in total. The van der Waals surface area contributed by atoms with E-state index in [1.54, 1.807) is 7.11 Å². The van der Waals surface area contributed by atoms with Crippen LogP contribution in [0.25, 0.3) is 34.1 Å². The number of hydrogen-bond donors (Lipinski definition) is 1. The Balaban J connectivity index is 1.18. The average Bonchev–Trinajstić information content (AvgIpc) is 3.77. The molecule has 1 spiro atoms. The minimum atomic E-state index is -0.918. The number of ether oxygens (including phenoxy) is 3. The maximum atomic E-state index is 10.6. The molecule has 0 bridgehead atoms. The predicted octanol–water partition coefficient (Wildman–Crippen LogP) is 9.83. The Morgan fingerprint density at radius 1 is 0.842 bits per heavy atom. The van der Waals surface area contributed by atoms with Crippen molar-refractivity contribution in [2.75, 3.05) is 38.3 Å². The Bertz CT molecular complexity index is 2870. The van der Waals surface area contributed by atoms with Gasteiger partial charge in [0.1, 0.15) is 11.5 Å². The molecule has 12 rings (SSSR count). The Hall–Kier alpha value is -6.32. The number of allylic oxidation sites excluding steroid dienone is 3. The summed E-state index contributed by atoms with van der Waals surface area (Å²) < 4.78 is 19.3. The fraction of sp³-hybridized carbons (Fsp3) is 0.192. The normalized spacial score (nSPS) is 23.9. The van der Waals surface area contributed by atoms with Crippen molar-refractivity contribution >= 4 is 28.6 Å². The predicted molar refractivity (Wildman–Crippen MR) is 225 cm³/mol. The zero-order valence-corrected chi connectivity index (χ0v) is 31.6. The van der Waals surface area contributed by atoms with Gasteiger partial charge in [0.25, 0.3) is 0 Å². The molecule has 4 unspecified atom stereocenters. The number of aliphatic hydroxyl groups excluding tert-OH is 1. The summed E-state index contributed by atoms with van der Waals surface area (Å²) in [7, 11) is 1.72. The van der Waals surface area contributed by atoms with E-state index in [1.165, 1.54) is 44.6 Å². The van der Waals surface area contributed by atoms with Gasteiger partial charge < -0.3 is 24.2 Å². The maximum absolute atomic E-state index is 10.6. The van der Waals surface area contributed by atoms with Crippen molar-refractivity contribution in [2.24, 2.45) is 5.92 Å². The summed E-state index contributed by atoms with van der Waals surface area (Å²) in [5.41, 5.74) is 20.7. The number of nitrogens with zero attached hydrogens (tertiary/aromatic N) is 1. The molecular weight excluding hydrogens is 703 g/mol. The van der Waals surface area contributed by atoms with Gasteiger partial charge in [-0.3, -0.25) is 0 Å². The second kappa shape index (κ2) is 12.1. The Kier molecular flexibility index (Phi) is 6.97. The first kappa shape index (κ1) is 32.9. The Morgan fingerprint density at radius 2 is 1.68 bits per heavy atom. The number of methoxy groups -OCH3 is 1. The second-order valence-corrected chi connectivity index (χ2v) is 15.9. The van der Waals surface area contributed by atoms with Crippen molar-refractivity contribution < 1.29 is 19.3 Å². The van der Waals surface area contributed by atoms with E-state index >= 15 is 0 Å². The number of hydrogen-bond acceptors (Lipinski definition) is 5. The van der Waals surface area contributed by atoms with Gasteiger partial charge in [0.15, 0.2) is 5.60 Å². The van der Waals surface area contributed by atoms with Gasteiger partial charge in [0, 0.05) is 58.3 Å². The number of aliphatic hydroxyl groups is 1. The molecule has 5 nitrogen and oxygen atoms in total. The molecule has 4 atom stereocenters. The van der Waals surface area contributed by atoms with Crippen LogP contribution in [0, 0.1) is 5.92 Å². The molecule has 4 aliphatic carbocycles. The molecule has 57 heavy (non-hydrogen) atoms. The lowest BCUT2D eigenvalue weighted by molar-refractivity contribution is 0.122. The van der Waals surface area contributed by atoms with Gasteiger partial charge in [-0.05, 0) is 92.4 Å². The summed E-state index contributed by atoms with van der Waals surface area (Å²) in [5, 5.41) is 12.7. The van der Waals surface area contributed by atoms with E-state index in [4.69, 9.17) is 14.2 Å². The summed E-state index contributed by atoms with van der Waals surface area (Å²) in [4.78, 5) is 2.39. The number of rotatable bonds is 5. The quantitative estimate of drug-likeness (QED) is 0.178. The van der Waals surface area contributed by atoms with Gasteiger partial charge in [0.2, 0.25) is 0 Å². The highest BCUT2D eigenvalue weighted by molar-refractivity contribution is 6.10. The van der Waals surface area contributed by atoms with Crippen molar-refractivity contribution in [3.05, 3.63) is 195 Å². The number of morpholine rings is 1. The summed E-state index contributed by atoms with van der Waals surface area (Å²) in [6, 6.07) is 39.2. The van der Waals surface area contributed by atoms with E-state index in [0.29, 0.717) is 0 Å². The van der Waals surface area contributed by atoms with E-state index in [0.717, 1.165) is 76.4 Å². The van der Waals surface area contributed by atoms with Crippen LogP contribution in [-0.2, 0) is 22.4 Å². The highest BCUT2D eigenvalue weighted by Crippen LogP contribution is 2.70. The summed E-state index contributed by atoms with van der Waals surface area (Å²) >= 11 is 0. The van der Waals surface area contributed by atoms with E-state index in [9.17, 15) is 5.11 Å². The zero-order chi connectivity index (χ0) is 37.9. The maximum Gasteiger partial charge on any atom is 0.178 e. The Morgan fingerprint density at radius 3 is 2.51 bits per heavy atom. The van der Waals surface area contributed by atoms with Crippen molar-refractivity contribution in [1.82, 2.24) is 0 Å².